The minimum Gasteiger partial charge on any atom is -0.589 e. The SMILES string of the molecule is CC.O=C1C=CC(=O)[N-]1.O=C1C=CC(=O)[N-]1.[Y]. The molecule has 2 heterocycles. The van der Waals surface area contributed by atoms with E-state index in [1.807, 2.05) is 13.8 Å². The molecule has 0 aromatic rings. The van der Waals surface area contributed by atoms with Crippen LogP contribution in [0.25, 0.3) is 10.6 Å². The Kier molecular flexibility index (Phi) is 10.8. The molecule has 0 aromatic heterocycles. The molecule has 0 unspecified atom stereocenters. The monoisotopic (exact) mass is 311 g/mol. The minimum atomic E-state index is -0.454. The van der Waals surface area contributed by atoms with Gasteiger partial charge in [0.2, 0.25) is 0 Å². The maximum Gasteiger partial charge on any atom is 0.0803 e. The Hall–Kier alpha value is -1.14. The van der Waals surface area contributed by atoms with Crippen molar-refractivity contribution in [1.82, 2.24) is 0 Å². The second-order valence-corrected chi connectivity index (χ2v) is 2.24. The van der Waals surface area contributed by atoms with Gasteiger partial charge >= 0.3 is 0 Å². The van der Waals surface area contributed by atoms with Gasteiger partial charge in [-0.15, -0.1) is 0 Å². The van der Waals surface area contributed by atoms with Crippen LogP contribution in [0.4, 0.5) is 0 Å². The van der Waals surface area contributed by atoms with Crippen molar-refractivity contribution in [3.63, 3.8) is 0 Å². The van der Waals surface area contributed by atoms with E-state index in [0.717, 1.165) is 24.3 Å². The van der Waals surface area contributed by atoms with Gasteiger partial charge in [0.05, 0.1) is 23.6 Å². The summed E-state index contributed by atoms with van der Waals surface area (Å²) >= 11 is 0. The molecule has 0 bridgehead atoms. The third-order valence-electron chi connectivity index (χ3n) is 1.18. The van der Waals surface area contributed by atoms with Crippen molar-refractivity contribution in [2.24, 2.45) is 0 Å². The number of imide groups is 2. The average molecular weight is 311 g/mol. The van der Waals surface area contributed by atoms with E-state index in [0.29, 0.717) is 0 Å². The quantitative estimate of drug-likeness (QED) is 0.623. The summed E-state index contributed by atoms with van der Waals surface area (Å²) in [6.45, 7) is 4.00. The third kappa shape index (κ3) is 8.65. The molecular weight excluding hydrogens is 301 g/mol. The number of hydrogen-bond acceptors (Lipinski definition) is 4. The zero-order valence-electron chi connectivity index (χ0n) is 9.41. The molecule has 2 rings (SSSR count). The van der Waals surface area contributed by atoms with Crippen molar-refractivity contribution in [2.75, 3.05) is 0 Å². The maximum atomic E-state index is 9.98. The molecule has 4 amide bonds. The van der Waals surface area contributed by atoms with Gasteiger partial charge in [-0.1, -0.05) is 13.8 Å². The number of rotatable bonds is 0. The standard InChI is InChI=1S/2C4H3NO2.C2H6.Y/c2*6-3-1-2-4(7)5-3;1-2;/h2*1-2H,(H,5,6,7);1-2H3;/p-2. The number of amides is 4. The first-order valence-electron chi connectivity index (χ1n) is 4.53. The van der Waals surface area contributed by atoms with Crippen LogP contribution in [0.1, 0.15) is 13.8 Å². The van der Waals surface area contributed by atoms with Gasteiger partial charge in [-0.25, -0.2) is 0 Å². The topological polar surface area (TPSA) is 96.5 Å². The van der Waals surface area contributed by atoms with Crippen LogP contribution in [-0.4, -0.2) is 23.6 Å². The van der Waals surface area contributed by atoms with E-state index < -0.39 is 23.6 Å². The average Bonchev–Trinajstić information content (AvgIpc) is 2.80. The molecule has 0 spiro atoms. The predicted molar refractivity (Wildman–Crippen MR) is 56.4 cm³/mol. The zero-order chi connectivity index (χ0) is 12.6. The second-order valence-electron chi connectivity index (χ2n) is 2.24. The molecule has 0 saturated carbocycles. The van der Waals surface area contributed by atoms with Crippen LogP contribution in [0.3, 0.4) is 0 Å². The second kappa shape index (κ2) is 10.0. The smallest absolute Gasteiger partial charge is 0.0803 e. The summed E-state index contributed by atoms with van der Waals surface area (Å²) in [5.41, 5.74) is 0. The minimum absolute atomic E-state index is 0. The van der Waals surface area contributed by atoms with Crippen molar-refractivity contribution in [3.05, 3.63) is 34.9 Å². The van der Waals surface area contributed by atoms with Gasteiger partial charge in [0.25, 0.3) is 0 Å². The number of hydrogen-bond donors (Lipinski definition) is 0. The van der Waals surface area contributed by atoms with E-state index in [4.69, 9.17) is 0 Å². The molecule has 1 radical (unpaired) electrons. The van der Waals surface area contributed by atoms with Gasteiger partial charge in [0.1, 0.15) is 0 Å². The fraction of sp³-hybridized carbons (Fsp3) is 0.200. The normalized spacial score (nSPS) is 14.9. The van der Waals surface area contributed by atoms with Crippen LogP contribution in [0.2, 0.25) is 0 Å². The van der Waals surface area contributed by atoms with E-state index in [1.54, 1.807) is 0 Å². The van der Waals surface area contributed by atoms with Gasteiger partial charge in [0, 0.05) is 32.7 Å². The number of nitrogens with zero attached hydrogens (tertiary/aromatic N) is 2. The van der Waals surface area contributed by atoms with E-state index in [-0.39, 0.29) is 32.7 Å². The maximum absolute atomic E-state index is 9.98. The fourth-order valence-corrected chi connectivity index (χ4v) is 0.651. The van der Waals surface area contributed by atoms with Crippen LogP contribution in [0.15, 0.2) is 24.3 Å². The molecule has 2 aliphatic heterocycles. The summed E-state index contributed by atoms with van der Waals surface area (Å²) in [4.78, 5) is 39.9. The summed E-state index contributed by atoms with van der Waals surface area (Å²) in [5, 5.41) is 6.00. The van der Waals surface area contributed by atoms with Crippen LogP contribution in [0, 0.1) is 0 Å². The van der Waals surface area contributed by atoms with E-state index >= 15 is 0 Å². The summed E-state index contributed by atoms with van der Waals surface area (Å²) in [7, 11) is 0. The molecule has 7 heteroatoms. The van der Waals surface area contributed by atoms with E-state index in [1.165, 1.54) is 0 Å². The fourth-order valence-electron chi connectivity index (χ4n) is 0.651. The van der Waals surface area contributed by atoms with Crippen molar-refractivity contribution in [3.8, 4) is 0 Å². The number of carbonyl (C=O) groups is 4. The van der Waals surface area contributed by atoms with Crippen molar-refractivity contribution < 1.29 is 51.9 Å². The molecule has 0 aliphatic carbocycles. The van der Waals surface area contributed by atoms with Gasteiger partial charge in [-0.2, -0.15) is 0 Å². The van der Waals surface area contributed by atoms with Crippen LogP contribution < -0.4 is 0 Å². The van der Waals surface area contributed by atoms with Crippen molar-refractivity contribution in [1.29, 1.82) is 0 Å². The van der Waals surface area contributed by atoms with Crippen molar-refractivity contribution in [2.45, 2.75) is 13.8 Å². The molecule has 0 fully saturated rings. The van der Waals surface area contributed by atoms with E-state index in [9.17, 15) is 19.2 Å². The first-order valence-corrected chi connectivity index (χ1v) is 4.53. The van der Waals surface area contributed by atoms with Gasteiger partial charge in [-0.05, 0) is 24.3 Å². The Balaban J connectivity index is 0. The van der Waals surface area contributed by atoms with E-state index in [2.05, 4.69) is 10.6 Å². The van der Waals surface area contributed by atoms with Gasteiger partial charge < -0.3 is 29.8 Å². The summed E-state index contributed by atoms with van der Waals surface area (Å²) in [6, 6.07) is 0. The molecule has 17 heavy (non-hydrogen) atoms. The third-order valence-corrected chi connectivity index (χ3v) is 1.18. The Morgan fingerprint density at radius 2 is 0.824 bits per heavy atom. The molecule has 6 nitrogen and oxygen atoms in total. The van der Waals surface area contributed by atoms with Gasteiger partial charge in [0.15, 0.2) is 0 Å². The Bertz CT molecular complexity index is 307. The summed E-state index contributed by atoms with van der Waals surface area (Å²) in [6.07, 6.45) is 4.56. The first-order chi connectivity index (χ1) is 7.58. The first kappa shape index (κ1) is 18.2. The largest absolute Gasteiger partial charge is 0.589 e. The molecule has 89 valence electrons. The molecule has 0 aromatic carbocycles. The molecular formula is C10H10N2O4Y-2. The molecule has 0 atom stereocenters. The van der Waals surface area contributed by atoms with Crippen molar-refractivity contribution >= 4 is 23.6 Å². The Morgan fingerprint density at radius 3 is 0.882 bits per heavy atom. The number of carbonyl (C=O) groups excluding carboxylic acids is 4. The summed E-state index contributed by atoms with van der Waals surface area (Å²) in [5.74, 6) is -1.81. The summed E-state index contributed by atoms with van der Waals surface area (Å²) < 4.78 is 0. The predicted octanol–water partition coefficient (Wildman–Crippen LogP) is 0.990. The van der Waals surface area contributed by atoms with Crippen LogP contribution in [0.5, 0.6) is 0 Å². The Labute approximate surface area is 124 Å². The molecule has 0 N–H and O–H groups in total. The zero-order valence-corrected chi connectivity index (χ0v) is 12.3. The van der Waals surface area contributed by atoms with Gasteiger partial charge in [-0.3, -0.25) is 0 Å². The molecule has 0 saturated heterocycles. The molecule has 2 aliphatic rings. The van der Waals surface area contributed by atoms with Crippen LogP contribution >= 0.6 is 0 Å². The van der Waals surface area contributed by atoms with Crippen LogP contribution in [-0.2, 0) is 51.9 Å². The Morgan fingerprint density at radius 1 is 0.647 bits per heavy atom.